The quantitative estimate of drug-likeness (QED) is 0.643. The van der Waals surface area contributed by atoms with Crippen LogP contribution in [-0.2, 0) is 0 Å². The molecule has 0 aliphatic carbocycles. The number of aromatic nitrogens is 1. The molecule has 90 valence electrons. The first-order chi connectivity index (χ1) is 9.36. The average Bonchev–Trinajstić information content (AvgIpc) is 2.97. The number of allylic oxidation sites excluding steroid dienone is 1. The molecule has 0 spiro atoms. The van der Waals surface area contributed by atoms with E-state index in [4.69, 9.17) is 0 Å². The van der Waals surface area contributed by atoms with Crippen molar-refractivity contribution in [1.29, 1.82) is 5.26 Å². The Hall–Kier alpha value is -2.44. The molecular weight excluding hydrogens is 252 g/mol. The van der Waals surface area contributed by atoms with Crippen LogP contribution in [0.4, 0.5) is 0 Å². The maximum atomic E-state index is 9.30. The molecule has 0 saturated carbocycles. The van der Waals surface area contributed by atoms with E-state index in [1.165, 1.54) is 0 Å². The van der Waals surface area contributed by atoms with Crippen LogP contribution in [0.2, 0.25) is 0 Å². The minimum absolute atomic E-state index is 0.587. The molecular formula is C16H10N2S. The molecule has 2 aromatic heterocycles. The fourth-order valence-electron chi connectivity index (χ4n) is 1.90. The van der Waals surface area contributed by atoms with Crippen molar-refractivity contribution in [2.24, 2.45) is 0 Å². The Bertz CT molecular complexity index is 780. The SMILES string of the molecule is N#C/C(=C\c1ccsc1)c1ccc2ccccc2n1. The summed E-state index contributed by atoms with van der Waals surface area (Å²) in [5.41, 5.74) is 3.25. The molecule has 0 aliphatic rings. The third-order valence-corrected chi connectivity index (χ3v) is 3.55. The number of thiophene rings is 1. The van der Waals surface area contributed by atoms with Gasteiger partial charge in [-0.25, -0.2) is 4.98 Å². The summed E-state index contributed by atoms with van der Waals surface area (Å²) in [4.78, 5) is 4.54. The van der Waals surface area contributed by atoms with Crippen molar-refractivity contribution in [3.8, 4) is 6.07 Å². The van der Waals surface area contributed by atoms with Gasteiger partial charge in [-0.05, 0) is 40.6 Å². The van der Waals surface area contributed by atoms with Crippen LogP contribution in [0.15, 0.2) is 53.2 Å². The first-order valence-corrected chi connectivity index (χ1v) is 6.81. The number of para-hydroxylation sites is 1. The molecule has 0 atom stereocenters. The van der Waals surface area contributed by atoms with Crippen LogP contribution in [0, 0.1) is 11.3 Å². The minimum Gasteiger partial charge on any atom is -0.247 e. The third kappa shape index (κ3) is 2.40. The molecule has 3 rings (SSSR count). The van der Waals surface area contributed by atoms with Crippen molar-refractivity contribution >= 4 is 33.9 Å². The summed E-state index contributed by atoms with van der Waals surface area (Å²) in [6.45, 7) is 0. The number of hydrogen-bond donors (Lipinski definition) is 0. The zero-order chi connectivity index (χ0) is 13.1. The Morgan fingerprint density at radius 1 is 1.16 bits per heavy atom. The second kappa shape index (κ2) is 5.05. The number of hydrogen-bond acceptors (Lipinski definition) is 3. The van der Waals surface area contributed by atoms with Crippen molar-refractivity contribution in [2.45, 2.75) is 0 Å². The maximum Gasteiger partial charge on any atom is 0.101 e. The predicted octanol–water partition coefficient (Wildman–Crippen LogP) is 4.36. The van der Waals surface area contributed by atoms with E-state index in [0.717, 1.165) is 16.5 Å². The fourth-order valence-corrected chi connectivity index (χ4v) is 2.52. The van der Waals surface area contributed by atoms with Crippen molar-refractivity contribution in [3.05, 3.63) is 64.5 Å². The minimum atomic E-state index is 0.587. The Balaban J connectivity index is 2.10. The third-order valence-electron chi connectivity index (χ3n) is 2.85. The maximum absolute atomic E-state index is 9.30. The number of nitriles is 1. The highest BCUT2D eigenvalue weighted by Crippen LogP contribution is 2.20. The van der Waals surface area contributed by atoms with Gasteiger partial charge in [0.1, 0.15) is 6.07 Å². The van der Waals surface area contributed by atoms with Crippen LogP contribution >= 0.6 is 11.3 Å². The number of benzene rings is 1. The van der Waals surface area contributed by atoms with Crippen LogP contribution in [0.25, 0.3) is 22.6 Å². The lowest BCUT2D eigenvalue weighted by molar-refractivity contribution is 1.35. The van der Waals surface area contributed by atoms with Crippen LogP contribution in [0.5, 0.6) is 0 Å². The molecule has 2 heterocycles. The van der Waals surface area contributed by atoms with Gasteiger partial charge in [-0.2, -0.15) is 16.6 Å². The van der Waals surface area contributed by atoms with E-state index in [0.29, 0.717) is 11.3 Å². The standard InChI is InChI=1S/C16H10N2S/c17-10-14(9-12-7-8-19-11-12)16-6-5-13-3-1-2-4-15(13)18-16/h1-9,11H/b14-9+. The van der Waals surface area contributed by atoms with E-state index in [9.17, 15) is 5.26 Å². The van der Waals surface area contributed by atoms with Crippen molar-refractivity contribution in [1.82, 2.24) is 4.98 Å². The monoisotopic (exact) mass is 262 g/mol. The van der Waals surface area contributed by atoms with Crippen LogP contribution in [0.1, 0.15) is 11.3 Å². The average molecular weight is 262 g/mol. The lowest BCUT2D eigenvalue weighted by atomic mass is 10.1. The molecule has 0 radical (unpaired) electrons. The van der Waals surface area contributed by atoms with E-state index >= 15 is 0 Å². The van der Waals surface area contributed by atoms with E-state index in [2.05, 4.69) is 11.1 Å². The van der Waals surface area contributed by atoms with Crippen LogP contribution < -0.4 is 0 Å². The van der Waals surface area contributed by atoms with Crippen LogP contribution in [-0.4, -0.2) is 4.98 Å². The highest BCUT2D eigenvalue weighted by molar-refractivity contribution is 7.08. The lowest BCUT2D eigenvalue weighted by Crippen LogP contribution is -1.88. The van der Waals surface area contributed by atoms with Crippen molar-refractivity contribution in [3.63, 3.8) is 0 Å². The summed E-state index contributed by atoms with van der Waals surface area (Å²) in [5, 5.41) is 14.4. The van der Waals surface area contributed by atoms with E-state index < -0.39 is 0 Å². The van der Waals surface area contributed by atoms with Gasteiger partial charge in [-0.15, -0.1) is 0 Å². The van der Waals surface area contributed by atoms with Crippen LogP contribution in [0.3, 0.4) is 0 Å². The van der Waals surface area contributed by atoms with Gasteiger partial charge in [0, 0.05) is 5.39 Å². The second-order valence-electron chi connectivity index (χ2n) is 4.12. The molecule has 0 fully saturated rings. The summed E-state index contributed by atoms with van der Waals surface area (Å²) in [6.07, 6.45) is 1.87. The van der Waals surface area contributed by atoms with E-state index in [-0.39, 0.29) is 0 Å². The topological polar surface area (TPSA) is 36.7 Å². The molecule has 0 bridgehead atoms. The van der Waals surface area contributed by atoms with Gasteiger partial charge in [-0.1, -0.05) is 24.3 Å². The summed E-state index contributed by atoms with van der Waals surface area (Å²) in [5.74, 6) is 0. The summed E-state index contributed by atoms with van der Waals surface area (Å²) >= 11 is 1.62. The Morgan fingerprint density at radius 3 is 2.84 bits per heavy atom. The molecule has 0 saturated heterocycles. The summed E-state index contributed by atoms with van der Waals surface area (Å²) in [7, 11) is 0. The van der Waals surface area contributed by atoms with Crippen molar-refractivity contribution in [2.75, 3.05) is 0 Å². The van der Waals surface area contributed by atoms with E-state index in [1.807, 2.05) is 59.3 Å². The van der Waals surface area contributed by atoms with Gasteiger partial charge in [-0.3, -0.25) is 0 Å². The first kappa shape index (κ1) is 11.6. The van der Waals surface area contributed by atoms with Gasteiger partial charge in [0.05, 0.1) is 16.8 Å². The highest BCUT2D eigenvalue weighted by Gasteiger charge is 2.04. The molecule has 3 heteroatoms. The predicted molar refractivity (Wildman–Crippen MR) is 79.5 cm³/mol. The number of pyridine rings is 1. The number of nitrogens with zero attached hydrogens (tertiary/aromatic N) is 2. The summed E-state index contributed by atoms with van der Waals surface area (Å²) < 4.78 is 0. The number of rotatable bonds is 2. The highest BCUT2D eigenvalue weighted by atomic mass is 32.1. The zero-order valence-corrected chi connectivity index (χ0v) is 10.9. The lowest BCUT2D eigenvalue weighted by Gasteiger charge is -2.01. The van der Waals surface area contributed by atoms with Gasteiger partial charge in [0.25, 0.3) is 0 Å². The molecule has 19 heavy (non-hydrogen) atoms. The first-order valence-electron chi connectivity index (χ1n) is 5.87. The molecule has 0 amide bonds. The zero-order valence-electron chi connectivity index (χ0n) is 10.1. The molecule has 2 nitrogen and oxygen atoms in total. The molecule has 0 N–H and O–H groups in total. The molecule has 0 aliphatic heterocycles. The van der Waals surface area contributed by atoms with Gasteiger partial charge in [0.15, 0.2) is 0 Å². The largest absolute Gasteiger partial charge is 0.247 e. The molecule has 1 aromatic carbocycles. The smallest absolute Gasteiger partial charge is 0.101 e. The van der Waals surface area contributed by atoms with Gasteiger partial charge >= 0.3 is 0 Å². The normalized spacial score (nSPS) is 11.4. The Labute approximate surface area is 115 Å². The summed E-state index contributed by atoms with van der Waals surface area (Å²) in [6, 6.07) is 16.0. The van der Waals surface area contributed by atoms with Crippen molar-refractivity contribution < 1.29 is 0 Å². The molecule has 0 unspecified atom stereocenters. The van der Waals surface area contributed by atoms with Gasteiger partial charge in [0.2, 0.25) is 0 Å². The molecule has 3 aromatic rings. The fraction of sp³-hybridized carbons (Fsp3) is 0. The Kier molecular flexibility index (Phi) is 3.09. The van der Waals surface area contributed by atoms with E-state index in [1.54, 1.807) is 11.3 Å². The Morgan fingerprint density at radius 2 is 2.05 bits per heavy atom. The number of fused-ring (bicyclic) bond motifs is 1. The van der Waals surface area contributed by atoms with Gasteiger partial charge < -0.3 is 0 Å². The second-order valence-corrected chi connectivity index (χ2v) is 4.90.